The number of ether oxygens (including phenoxy) is 1. The van der Waals surface area contributed by atoms with Crippen molar-refractivity contribution in [1.82, 2.24) is 0 Å². The van der Waals surface area contributed by atoms with Gasteiger partial charge in [-0.1, -0.05) is 54.6 Å². The number of hydrogen-bond donors (Lipinski definition) is 1. The predicted molar refractivity (Wildman–Crippen MR) is 111 cm³/mol. The molecule has 0 saturated carbocycles. The van der Waals surface area contributed by atoms with Crippen LogP contribution < -0.4 is 5.32 Å². The minimum absolute atomic E-state index is 0.282. The SMILES string of the molecule is CC(C)(C)OC(=O)c1ccc(-c2ccccc2)cc1NC(=O)c1ccccc1. The van der Waals surface area contributed by atoms with Crippen LogP contribution in [0.4, 0.5) is 5.69 Å². The Morgan fingerprint density at radius 2 is 1.39 bits per heavy atom. The third-order valence-corrected chi connectivity index (χ3v) is 4.03. The average Bonchev–Trinajstić information content (AvgIpc) is 2.68. The van der Waals surface area contributed by atoms with Crippen molar-refractivity contribution in [1.29, 1.82) is 0 Å². The van der Waals surface area contributed by atoms with Crippen LogP contribution in [0.5, 0.6) is 0 Å². The fourth-order valence-corrected chi connectivity index (χ4v) is 2.75. The van der Waals surface area contributed by atoms with Crippen LogP contribution in [0.25, 0.3) is 11.1 Å². The minimum Gasteiger partial charge on any atom is -0.456 e. The van der Waals surface area contributed by atoms with Crippen LogP contribution in [0.1, 0.15) is 41.5 Å². The van der Waals surface area contributed by atoms with Gasteiger partial charge in [-0.05, 0) is 56.2 Å². The molecule has 4 heteroatoms. The second-order valence-electron chi connectivity index (χ2n) is 7.45. The van der Waals surface area contributed by atoms with E-state index in [1.807, 2.05) is 63.2 Å². The molecular formula is C24H23NO3. The van der Waals surface area contributed by atoms with Gasteiger partial charge in [-0.3, -0.25) is 4.79 Å². The molecular weight excluding hydrogens is 350 g/mol. The Morgan fingerprint density at radius 3 is 2.00 bits per heavy atom. The number of anilines is 1. The molecule has 0 bridgehead atoms. The number of esters is 1. The normalized spacial score (nSPS) is 11.0. The van der Waals surface area contributed by atoms with Crippen molar-refractivity contribution in [3.05, 3.63) is 90.0 Å². The van der Waals surface area contributed by atoms with Gasteiger partial charge in [0.15, 0.2) is 0 Å². The summed E-state index contributed by atoms with van der Waals surface area (Å²) in [5.74, 6) is -0.758. The summed E-state index contributed by atoms with van der Waals surface area (Å²) < 4.78 is 5.51. The summed E-state index contributed by atoms with van der Waals surface area (Å²) in [6, 6.07) is 24.0. The van der Waals surface area contributed by atoms with Crippen LogP contribution in [-0.4, -0.2) is 17.5 Å². The predicted octanol–water partition coefficient (Wildman–Crippen LogP) is 5.56. The molecule has 0 spiro atoms. The van der Waals surface area contributed by atoms with Gasteiger partial charge in [0.2, 0.25) is 0 Å². The molecule has 0 aliphatic heterocycles. The average molecular weight is 373 g/mol. The second kappa shape index (κ2) is 8.09. The molecule has 3 aromatic carbocycles. The van der Waals surface area contributed by atoms with Crippen LogP contribution in [0.3, 0.4) is 0 Å². The maximum atomic E-state index is 12.7. The van der Waals surface area contributed by atoms with E-state index in [0.717, 1.165) is 11.1 Å². The first-order chi connectivity index (χ1) is 13.3. The number of benzene rings is 3. The zero-order valence-corrected chi connectivity index (χ0v) is 16.2. The van der Waals surface area contributed by atoms with Gasteiger partial charge in [-0.15, -0.1) is 0 Å². The molecule has 0 heterocycles. The molecule has 28 heavy (non-hydrogen) atoms. The van der Waals surface area contributed by atoms with Crippen molar-refractivity contribution in [2.24, 2.45) is 0 Å². The quantitative estimate of drug-likeness (QED) is 0.609. The molecule has 3 rings (SSSR count). The van der Waals surface area contributed by atoms with Crippen molar-refractivity contribution in [3.8, 4) is 11.1 Å². The van der Waals surface area contributed by atoms with Crippen LogP contribution >= 0.6 is 0 Å². The molecule has 0 aliphatic carbocycles. The van der Waals surface area contributed by atoms with E-state index in [-0.39, 0.29) is 5.91 Å². The molecule has 142 valence electrons. The topological polar surface area (TPSA) is 55.4 Å². The Bertz CT molecular complexity index is 974. The summed E-state index contributed by atoms with van der Waals surface area (Å²) >= 11 is 0. The van der Waals surface area contributed by atoms with E-state index in [0.29, 0.717) is 16.8 Å². The molecule has 1 N–H and O–H groups in total. The fraction of sp³-hybridized carbons (Fsp3) is 0.167. The summed E-state index contributed by atoms with van der Waals surface area (Å²) in [6.07, 6.45) is 0. The molecule has 0 fully saturated rings. The molecule has 1 amide bonds. The van der Waals surface area contributed by atoms with Crippen LogP contribution in [0.15, 0.2) is 78.9 Å². The van der Waals surface area contributed by atoms with E-state index in [1.54, 1.807) is 36.4 Å². The number of amides is 1. The van der Waals surface area contributed by atoms with Crippen LogP contribution in [0.2, 0.25) is 0 Å². The second-order valence-corrected chi connectivity index (χ2v) is 7.45. The third kappa shape index (κ3) is 4.86. The lowest BCUT2D eigenvalue weighted by Gasteiger charge is -2.21. The number of nitrogens with one attached hydrogen (secondary N) is 1. The molecule has 0 aliphatic rings. The standard InChI is InChI=1S/C24H23NO3/c1-24(2,3)28-23(27)20-15-14-19(17-10-6-4-7-11-17)16-21(20)25-22(26)18-12-8-5-9-13-18/h4-16H,1-3H3,(H,25,26). The minimum atomic E-state index is -0.629. The lowest BCUT2D eigenvalue weighted by molar-refractivity contribution is 0.00708. The first kappa shape index (κ1) is 19.4. The maximum absolute atomic E-state index is 12.7. The highest BCUT2D eigenvalue weighted by Gasteiger charge is 2.22. The molecule has 4 nitrogen and oxygen atoms in total. The van der Waals surface area contributed by atoms with Crippen molar-refractivity contribution in [3.63, 3.8) is 0 Å². The number of carbonyl (C=O) groups excluding carboxylic acids is 2. The molecule has 0 unspecified atom stereocenters. The summed E-state index contributed by atoms with van der Waals surface area (Å²) in [5, 5.41) is 2.86. The van der Waals surface area contributed by atoms with Gasteiger partial charge in [-0.2, -0.15) is 0 Å². The molecule has 0 radical (unpaired) electrons. The highest BCUT2D eigenvalue weighted by atomic mass is 16.6. The molecule has 3 aromatic rings. The van der Waals surface area contributed by atoms with E-state index in [1.165, 1.54) is 0 Å². The van der Waals surface area contributed by atoms with Crippen molar-refractivity contribution in [2.45, 2.75) is 26.4 Å². The lowest BCUT2D eigenvalue weighted by Crippen LogP contribution is -2.25. The first-order valence-electron chi connectivity index (χ1n) is 9.13. The number of rotatable bonds is 4. The van der Waals surface area contributed by atoms with Gasteiger partial charge in [0.05, 0.1) is 11.3 Å². The Labute approximate surface area is 165 Å². The van der Waals surface area contributed by atoms with Gasteiger partial charge in [-0.25, -0.2) is 4.79 Å². The van der Waals surface area contributed by atoms with Crippen LogP contribution in [0, 0.1) is 0 Å². The van der Waals surface area contributed by atoms with Gasteiger partial charge >= 0.3 is 5.97 Å². The Kier molecular flexibility index (Phi) is 5.59. The smallest absolute Gasteiger partial charge is 0.340 e. The molecule has 0 aromatic heterocycles. The van der Waals surface area contributed by atoms with Crippen LogP contribution in [-0.2, 0) is 4.74 Å². The first-order valence-corrected chi connectivity index (χ1v) is 9.13. The highest BCUT2D eigenvalue weighted by molar-refractivity contribution is 6.08. The zero-order chi connectivity index (χ0) is 20.1. The largest absolute Gasteiger partial charge is 0.456 e. The van der Waals surface area contributed by atoms with Crippen molar-refractivity contribution >= 4 is 17.6 Å². The fourth-order valence-electron chi connectivity index (χ4n) is 2.75. The van der Waals surface area contributed by atoms with Gasteiger partial charge in [0.25, 0.3) is 5.91 Å². The third-order valence-electron chi connectivity index (χ3n) is 4.03. The van der Waals surface area contributed by atoms with Gasteiger partial charge < -0.3 is 10.1 Å². The zero-order valence-electron chi connectivity index (χ0n) is 16.2. The number of hydrogen-bond acceptors (Lipinski definition) is 3. The summed E-state index contributed by atoms with van der Waals surface area (Å²) in [7, 11) is 0. The number of carbonyl (C=O) groups is 2. The summed E-state index contributed by atoms with van der Waals surface area (Å²) in [4.78, 5) is 25.3. The Hall–Kier alpha value is -3.40. The Balaban J connectivity index is 1.99. The highest BCUT2D eigenvalue weighted by Crippen LogP contribution is 2.28. The van der Waals surface area contributed by atoms with Crippen molar-refractivity contribution in [2.75, 3.05) is 5.32 Å². The van der Waals surface area contributed by atoms with E-state index in [9.17, 15) is 9.59 Å². The Morgan fingerprint density at radius 1 is 0.786 bits per heavy atom. The van der Waals surface area contributed by atoms with E-state index >= 15 is 0 Å². The summed E-state index contributed by atoms with van der Waals surface area (Å²) in [6.45, 7) is 5.43. The van der Waals surface area contributed by atoms with E-state index in [2.05, 4.69) is 5.32 Å². The van der Waals surface area contributed by atoms with E-state index < -0.39 is 11.6 Å². The van der Waals surface area contributed by atoms with Gasteiger partial charge in [0.1, 0.15) is 5.60 Å². The van der Waals surface area contributed by atoms with E-state index in [4.69, 9.17) is 4.74 Å². The monoisotopic (exact) mass is 373 g/mol. The molecule has 0 atom stereocenters. The van der Waals surface area contributed by atoms with Crippen molar-refractivity contribution < 1.29 is 14.3 Å². The molecule has 0 saturated heterocycles. The van der Waals surface area contributed by atoms with Gasteiger partial charge in [0, 0.05) is 5.56 Å². The summed E-state index contributed by atoms with van der Waals surface area (Å²) in [5.41, 5.74) is 2.52. The lowest BCUT2D eigenvalue weighted by atomic mass is 10.0. The maximum Gasteiger partial charge on any atom is 0.340 e.